The van der Waals surface area contributed by atoms with E-state index in [1.54, 1.807) is 24.3 Å². The minimum atomic E-state index is -0.936. The minimum Gasteiger partial charge on any atom is -0.493 e. The summed E-state index contributed by atoms with van der Waals surface area (Å²) in [6, 6.07) is 12.6. The van der Waals surface area contributed by atoms with E-state index >= 15 is 0 Å². The number of hydrogen-bond donors (Lipinski definition) is 2. The molecule has 0 saturated carbocycles. The van der Waals surface area contributed by atoms with Crippen LogP contribution in [0.1, 0.15) is 27.0 Å². The number of hydrogen-bond acceptors (Lipinski definition) is 3. The number of fused-ring (bicyclic) bond motifs is 1. The van der Waals surface area contributed by atoms with Gasteiger partial charge in [0.25, 0.3) is 0 Å². The summed E-state index contributed by atoms with van der Waals surface area (Å²) in [5.74, 6) is -0.0328. The Kier molecular flexibility index (Phi) is 4.79. The van der Waals surface area contributed by atoms with Gasteiger partial charge >= 0.3 is 5.97 Å². The zero-order valence-corrected chi connectivity index (χ0v) is 13.2. The van der Waals surface area contributed by atoms with Gasteiger partial charge in [-0.2, -0.15) is 0 Å². The smallest absolute Gasteiger partial charge is 0.335 e. The molecule has 24 heavy (non-hydrogen) atoms. The molecule has 0 fully saturated rings. The first-order chi connectivity index (χ1) is 11.6. The lowest BCUT2D eigenvalue weighted by Crippen LogP contribution is -2.27. The summed E-state index contributed by atoms with van der Waals surface area (Å²) in [4.78, 5) is 22.8. The Hall–Kier alpha value is -2.82. The molecule has 0 unspecified atom stereocenters. The molecule has 2 aromatic carbocycles. The Morgan fingerprint density at radius 1 is 1.08 bits per heavy atom. The van der Waals surface area contributed by atoms with Gasteiger partial charge in [0.05, 0.1) is 18.6 Å². The predicted molar refractivity (Wildman–Crippen MR) is 89.5 cm³/mol. The van der Waals surface area contributed by atoms with Crippen molar-refractivity contribution in [1.29, 1.82) is 0 Å². The maximum Gasteiger partial charge on any atom is 0.335 e. The SMILES string of the molecule is O=C(Cc1ccc2c(c1)CCO2)NCCc1ccc(C(=O)O)cc1. The molecule has 0 aromatic heterocycles. The van der Waals surface area contributed by atoms with Crippen molar-refractivity contribution in [2.24, 2.45) is 0 Å². The molecule has 1 heterocycles. The van der Waals surface area contributed by atoms with E-state index in [-0.39, 0.29) is 11.5 Å². The molecule has 5 heteroatoms. The minimum absolute atomic E-state index is 0.0176. The highest BCUT2D eigenvalue weighted by Crippen LogP contribution is 2.25. The molecule has 0 bridgehead atoms. The lowest BCUT2D eigenvalue weighted by molar-refractivity contribution is -0.120. The fourth-order valence-electron chi connectivity index (χ4n) is 2.76. The maximum absolute atomic E-state index is 12.0. The molecule has 0 saturated heterocycles. The summed E-state index contributed by atoms with van der Waals surface area (Å²) >= 11 is 0. The maximum atomic E-state index is 12.0. The molecule has 0 aliphatic carbocycles. The van der Waals surface area contributed by atoms with Crippen molar-refractivity contribution in [2.45, 2.75) is 19.3 Å². The third-order valence-corrected chi connectivity index (χ3v) is 4.06. The molecule has 2 aromatic rings. The second-order valence-electron chi connectivity index (χ2n) is 5.82. The molecule has 1 amide bonds. The summed E-state index contributed by atoms with van der Waals surface area (Å²) in [5.41, 5.74) is 3.42. The number of nitrogens with one attached hydrogen (secondary N) is 1. The summed E-state index contributed by atoms with van der Waals surface area (Å²) in [6.45, 7) is 1.24. The van der Waals surface area contributed by atoms with Crippen LogP contribution in [0.2, 0.25) is 0 Å². The standard InChI is InChI=1S/C19H19NO4/c21-18(12-14-3-6-17-16(11-14)8-10-24-17)20-9-7-13-1-4-15(5-2-13)19(22)23/h1-6,11H,7-10,12H2,(H,20,21)(H,22,23). The van der Waals surface area contributed by atoms with Crippen molar-refractivity contribution in [3.05, 3.63) is 64.7 Å². The molecule has 1 aliphatic rings. The number of benzene rings is 2. The van der Waals surface area contributed by atoms with E-state index in [1.807, 2.05) is 18.2 Å². The van der Waals surface area contributed by atoms with Crippen LogP contribution in [-0.2, 0) is 24.1 Å². The van der Waals surface area contributed by atoms with Crippen molar-refractivity contribution < 1.29 is 19.4 Å². The lowest BCUT2D eigenvalue weighted by Gasteiger charge is -2.07. The fraction of sp³-hybridized carbons (Fsp3) is 0.263. The van der Waals surface area contributed by atoms with E-state index in [0.717, 1.165) is 23.3 Å². The van der Waals surface area contributed by atoms with Crippen LogP contribution in [0.4, 0.5) is 0 Å². The molecule has 0 radical (unpaired) electrons. The van der Waals surface area contributed by atoms with Gasteiger partial charge < -0.3 is 15.2 Å². The highest BCUT2D eigenvalue weighted by molar-refractivity contribution is 5.87. The third kappa shape index (κ3) is 3.93. The van der Waals surface area contributed by atoms with Crippen molar-refractivity contribution in [3.63, 3.8) is 0 Å². The number of carboxylic acids is 1. The lowest BCUT2D eigenvalue weighted by atomic mass is 10.1. The van der Waals surface area contributed by atoms with Gasteiger partial charge in [-0.1, -0.05) is 24.3 Å². The number of amides is 1. The van der Waals surface area contributed by atoms with Gasteiger partial charge in [0.15, 0.2) is 0 Å². The van der Waals surface area contributed by atoms with Crippen LogP contribution >= 0.6 is 0 Å². The summed E-state index contributed by atoms with van der Waals surface area (Å²) in [5, 5.41) is 11.8. The average molecular weight is 325 g/mol. The first-order valence-corrected chi connectivity index (χ1v) is 7.95. The molecule has 0 spiro atoms. The van der Waals surface area contributed by atoms with E-state index in [9.17, 15) is 9.59 Å². The van der Waals surface area contributed by atoms with Crippen molar-refractivity contribution in [2.75, 3.05) is 13.2 Å². The molecule has 2 N–H and O–H groups in total. The summed E-state index contributed by atoms with van der Waals surface area (Å²) in [7, 11) is 0. The van der Waals surface area contributed by atoms with Gasteiger partial charge in [0.1, 0.15) is 5.75 Å². The Bertz CT molecular complexity index is 752. The topological polar surface area (TPSA) is 75.6 Å². The first-order valence-electron chi connectivity index (χ1n) is 7.95. The predicted octanol–water partition coefficient (Wildman–Crippen LogP) is 2.22. The molecule has 1 aliphatic heterocycles. The molecular formula is C19H19NO4. The molecule has 3 rings (SSSR count). The van der Waals surface area contributed by atoms with E-state index in [0.29, 0.717) is 26.0 Å². The number of rotatable bonds is 6. The Morgan fingerprint density at radius 2 is 1.83 bits per heavy atom. The molecule has 124 valence electrons. The average Bonchev–Trinajstić information content (AvgIpc) is 3.03. The zero-order chi connectivity index (χ0) is 16.9. The number of carbonyl (C=O) groups is 2. The Morgan fingerprint density at radius 3 is 2.58 bits per heavy atom. The van der Waals surface area contributed by atoms with Crippen molar-refractivity contribution >= 4 is 11.9 Å². The number of ether oxygens (including phenoxy) is 1. The zero-order valence-electron chi connectivity index (χ0n) is 13.2. The van der Waals surface area contributed by atoms with E-state index in [1.165, 1.54) is 5.56 Å². The quantitative estimate of drug-likeness (QED) is 0.854. The molecule has 0 atom stereocenters. The first kappa shape index (κ1) is 16.1. The third-order valence-electron chi connectivity index (χ3n) is 4.06. The fourth-order valence-corrected chi connectivity index (χ4v) is 2.76. The van der Waals surface area contributed by atoms with Crippen molar-refractivity contribution in [1.82, 2.24) is 5.32 Å². The van der Waals surface area contributed by atoms with Gasteiger partial charge in [0, 0.05) is 13.0 Å². The molecule has 5 nitrogen and oxygen atoms in total. The summed E-state index contributed by atoms with van der Waals surface area (Å²) in [6.07, 6.45) is 1.92. The van der Waals surface area contributed by atoms with Crippen LogP contribution in [0.15, 0.2) is 42.5 Å². The Balaban J connectivity index is 1.46. The van der Waals surface area contributed by atoms with Gasteiger partial charge in [-0.3, -0.25) is 4.79 Å². The van der Waals surface area contributed by atoms with Gasteiger partial charge in [-0.05, 0) is 41.3 Å². The van der Waals surface area contributed by atoms with Crippen LogP contribution in [0.5, 0.6) is 5.75 Å². The van der Waals surface area contributed by atoms with Gasteiger partial charge in [-0.15, -0.1) is 0 Å². The number of aromatic carboxylic acids is 1. The van der Waals surface area contributed by atoms with Crippen LogP contribution in [-0.4, -0.2) is 30.1 Å². The number of carbonyl (C=O) groups excluding carboxylic acids is 1. The van der Waals surface area contributed by atoms with Crippen LogP contribution in [0.25, 0.3) is 0 Å². The molecular weight excluding hydrogens is 306 g/mol. The summed E-state index contributed by atoms with van der Waals surface area (Å²) < 4.78 is 5.46. The highest BCUT2D eigenvalue weighted by atomic mass is 16.5. The largest absolute Gasteiger partial charge is 0.493 e. The monoisotopic (exact) mass is 325 g/mol. The second-order valence-corrected chi connectivity index (χ2v) is 5.82. The van der Waals surface area contributed by atoms with Crippen molar-refractivity contribution in [3.8, 4) is 5.75 Å². The van der Waals surface area contributed by atoms with Crippen LogP contribution < -0.4 is 10.1 Å². The van der Waals surface area contributed by atoms with Gasteiger partial charge in [-0.25, -0.2) is 4.79 Å². The number of carboxylic acid groups (broad SMARTS) is 1. The van der Waals surface area contributed by atoms with Crippen LogP contribution in [0, 0.1) is 0 Å². The van der Waals surface area contributed by atoms with E-state index in [2.05, 4.69) is 5.32 Å². The van der Waals surface area contributed by atoms with Gasteiger partial charge in [0.2, 0.25) is 5.91 Å². The van der Waals surface area contributed by atoms with E-state index < -0.39 is 5.97 Å². The Labute approximate surface area is 140 Å². The van der Waals surface area contributed by atoms with E-state index in [4.69, 9.17) is 9.84 Å². The second kappa shape index (κ2) is 7.17. The highest BCUT2D eigenvalue weighted by Gasteiger charge is 2.13. The normalized spacial score (nSPS) is 12.3. The van der Waals surface area contributed by atoms with Crippen LogP contribution in [0.3, 0.4) is 0 Å².